The Bertz CT molecular complexity index is 1370. The van der Waals surface area contributed by atoms with Crippen LogP contribution in [0.3, 0.4) is 0 Å². The molecule has 2 aromatic carbocycles. The molecule has 0 spiro atoms. The van der Waals surface area contributed by atoms with Gasteiger partial charge >= 0.3 is 0 Å². The van der Waals surface area contributed by atoms with Gasteiger partial charge in [-0.3, -0.25) is 0 Å². The average molecular weight is 554 g/mol. The third-order valence-corrected chi connectivity index (χ3v) is 9.79. The summed E-state index contributed by atoms with van der Waals surface area (Å²) in [4.78, 5) is 11.7. The topological polar surface area (TPSA) is 90.4 Å². The molecular formula is C29H37ClN5O2P. The second-order valence-corrected chi connectivity index (χ2v) is 14.4. The molecule has 9 heteroatoms. The zero-order chi connectivity index (χ0) is 26.9. The second-order valence-electron chi connectivity index (χ2n) is 10.9. The molecule has 0 amide bonds. The number of nitrogens with one attached hydrogen (secondary N) is 2. The maximum absolute atomic E-state index is 13.1. The van der Waals surface area contributed by atoms with Crippen LogP contribution in [0.1, 0.15) is 47.9 Å². The Morgan fingerprint density at radius 3 is 2.53 bits per heavy atom. The summed E-state index contributed by atoms with van der Waals surface area (Å²) in [6.45, 7) is 7.72. The van der Waals surface area contributed by atoms with Gasteiger partial charge in [0.15, 0.2) is 5.82 Å². The third-order valence-electron chi connectivity index (χ3n) is 7.86. The van der Waals surface area contributed by atoms with Gasteiger partial charge in [0.2, 0.25) is 5.95 Å². The predicted molar refractivity (Wildman–Crippen MR) is 157 cm³/mol. The first-order valence-electron chi connectivity index (χ1n) is 13.4. The normalized spacial score (nSPS) is 18.2. The van der Waals surface area contributed by atoms with Gasteiger partial charge in [0.1, 0.15) is 12.2 Å². The zero-order valence-electron chi connectivity index (χ0n) is 22.4. The van der Waals surface area contributed by atoms with Gasteiger partial charge in [-0.1, -0.05) is 23.7 Å². The Morgan fingerprint density at radius 2 is 1.82 bits per heavy atom. The van der Waals surface area contributed by atoms with E-state index in [0.717, 1.165) is 29.7 Å². The molecule has 38 heavy (non-hydrogen) atoms. The summed E-state index contributed by atoms with van der Waals surface area (Å²) in [5.41, 5.74) is 6.01. The molecule has 3 N–H and O–H groups in total. The summed E-state index contributed by atoms with van der Waals surface area (Å²) in [6.07, 6.45) is 8.88. The van der Waals surface area contributed by atoms with E-state index in [1.54, 1.807) is 19.5 Å². The number of nitrogens with zero attached hydrogens (tertiary/aromatic N) is 3. The van der Waals surface area contributed by atoms with E-state index >= 15 is 0 Å². The quantitative estimate of drug-likeness (QED) is 0.244. The average Bonchev–Trinajstić information content (AvgIpc) is 3.33. The standard InChI is InChI=1S/C29H37ClN5O2P/c1-19-22(18-36)9-13-26(27(19)38(2,3)37)33-28-25(30)17-31-29(34-28)32-23-10-6-20-7-11-24(12-8-21(20)16-23)35-14-4-5-15-35/h6,9-10,13,16-17,24,36H,4-5,7-8,11-12,14-15,18H2,1-3H3,(H2,31,32,33,34)/t24-/m0/s1. The molecule has 1 aromatic heterocycles. The highest BCUT2D eigenvalue weighted by atomic mass is 35.5. The van der Waals surface area contributed by atoms with Crippen molar-refractivity contribution in [3.05, 3.63) is 63.8 Å². The molecule has 2 heterocycles. The van der Waals surface area contributed by atoms with E-state index in [2.05, 4.69) is 43.7 Å². The van der Waals surface area contributed by atoms with Crippen LogP contribution in [0.15, 0.2) is 36.5 Å². The highest BCUT2D eigenvalue weighted by Crippen LogP contribution is 2.41. The number of likely N-dealkylation sites (tertiary alicyclic amines) is 1. The molecule has 1 fully saturated rings. The Balaban J connectivity index is 1.35. The molecule has 2 aliphatic rings. The smallest absolute Gasteiger partial charge is 0.229 e. The van der Waals surface area contributed by atoms with E-state index in [-0.39, 0.29) is 6.61 Å². The lowest BCUT2D eigenvalue weighted by atomic mass is 10.0. The largest absolute Gasteiger partial charge is 0.392 e. The van der Waals surface area contributed by atoms with E-state index < -0.39 is 7.14 Å². The van der Waals surface area contributed by atoms with Crippen molar-refractivity contribution in [2.24, 2.45) is 0 Å². The summed E-state index contributed by atoms with van der Waals surface area (Å²) in [7, 11) is -2.66. The SMILES string of the molecule is Cc1c(CO)ccc(Nc2nc(Nc3ccc4c(c3)CC[C@@H](N3CCCC3)CC4)ncc2Cl)c1P(C)(C)=O. The monoisotopic (exact) mass is 553 g/mol. The van der Waals surface area contributed by atoms with Crippen LogP contribution >= 0.6 is 18.7 Å². The number of hydrogen-bond acceptors (Lipinski definition) is 7. The van der Waals surface area contributed by atoms with Crippen molar-refractivity contribution in [2.75, 3.05) is 37.1 Å². The fourth-order valence-electron chi connectivity index (χ4n) is 5.92. The van der Waals surface area contributed by atoms with Crippen LogP contribution in [-0.2, 0) is 24.0 Å². The van der Waals surface area contributed by atoms with E-state index in [1.807, 2.05) is 19.1 Å². The van der Waals surface area contributed by atoms with Gasteiger partial charge in [0.25, 0.3) is 0 Å². The zero-order valence-corrected chi connectivity index (χ0v) is 24.1. The van der Waals surface area contributed by atoms with Crippen molar-refractivity contribution in [1.82, 2.24) is 14.9 Å². The van der Waals surface area contributed by atoms with Crippen LogP contribution in [-0.4, -0.2) is 52.4 Å². The fourth-order valence-corrected chi connectivity index (χ4v) is 7.72. The van der Waals surface area contributed by atoms with Gasteiger partial charge < -0.3 is 25.2 Å². The first-order valence-corrected chi connectivity index (χ1v) is 16.4. The molecule has 5 rings (SSSR count). The molecule has 7 nitrogen and oxygen atoms in total. The van der Waals surface area contributed by atoms with Crippen molar-refractivity contribution < 1.29 is 9.67 Å². The van der Waals surface area contributed by atoms with Crippen molar-refractivity contribution in [3.8, 4) is 0 Å². The van der Waals surface area contributed by atoms with E-state index in [9.17, 15) is 9.67 Å². The Hall–Kier alpha value is -2.44. The number of rotatable bonds is 7. The molecule has 1 aliphatic heterocycles. The number of aromatic nitrogens is 2. The van der Waals surface area contributed by atoms with Crippen LogP contribution < -0.4 is 15.9 Å². The van der Waals surface area contributed by atoms with Gasteiger partial charge in [0.05, 0.1) is 18.5 Å². The lowest BCUT2D eigenvalue weighted by Crippen LogP contribution is -2.32. The molecule has 202 valence electrons. The lowest BCUT2D eigenvalue weighted by molar-refractivity contribution is 0.222. The number of hydrogen-bond donors (Lipinski definition) is 3. The maximum Gasteiger partial charge on any atom is 0.229 e. The molecule has 0 radical (unpaired) electrons. The molecular weight excluding hydrogens is 517 g/mol. The molecule has 0 saturated carbocycles. The second kappa shape index (κ2) is 11.4. The summed E-state index contributed by atoms with van der Waals surface area (Å²) >= 11 is 6.47. The van der Waals surface area contributed by atoms with Crippen molar-refractivity contribution >= 4 is 47.2 Å². The molecule has 3 aromatic rings. The first kappa shape index (κ1) is 27.1. The molecule has 0 unspecified atom stereocenters. The van der Waals surface area contributed by atoms with Gasteiger partial charge in [-0.05, 0) is 112 Å². The molecule has 1 atom stereocenters. The summed E-state index contributed by atoms with van der Waals surface area (Å²) < 4.78 is 13.1. The molecule has 1 aliphatic carbocycles. The van der Waals surface area contributed by atoms with Crippen LogP contribution in [0.2, 0.25) is 5.02 Å². The maximum atomic E-state index is 13.1. The van der Waals surface area contributed by atoms with Crippen molar-refractivity contribution in [3.63, 3.8) is 0 Å². The highest BCUT2D eigenvalue weighted by molar-refractivity contribution is 7.70. The Kier molecular flexibility index (Phi) is 8.11. The van der Waals surface area contributed by atoms with Crippen molar-refractivity contribution in [2.45, 2.75) is 58.1 Å². The third kappa shape index (κ3) is 5.91. The Labute approximate surface area is 230 Å². The predicted octanol–water partition coefficient (Wildman–Crippen LogP) is 6.01. The summed E-state index contributed by atoms with van der Waals surface area (Å²) in [6, 6.07) is 10.9. The highest BCUT2D eigenvalue weighted by Gasteiger charge is 2.25. The number of aliphatic hydroxyl groups excluding tert-OH is 1. The minimum atomic E-state index is -2.66. The fraction of sp³-hybridized carbons (Fsp3) is 0.448. The molecule has 0 bridgehead atoms. The van der Waals surface area contributed by atoms with Gasteiger partial charge in [-0.25, -0.2) is 4.98 Å². The number of halogens is 1. The minimum absolute atomic E-state index is 0.110. The van der Waals surface area contributed by atoms with Gasteiger partial charge in [-0.15, -0.1) is 0 Å². The number of fused-ring (bicyclic) bond motifs is 1. The lowest BCUT2D eigenvalue weighted by Gasteiger charge is -2.25. The first-order chi connectivity index (χ1) is 18.2. The number of aryl methyl sites for hydroxylation is 2. The summed E-state index contributed by atoms with van der Waals surface area (Å²) in [5, 5.41) is 17.4. The minimum Gasteiger partial charge on any atom is -0.392 e. The van der Waals surface area contributed by atoms with Gasteiger partial charge in [0, 0.05) is 17.0 Å². The van der Waals surface area contributed by atoms with Crippen LogP contribution in [0.5, 0.6) is 0 Å². The van der Waals surface area contributed by atoms with Gasteiger partial charge in [-0.2, -0.15) is 4.98 Å². The number of anilines is 4. The van der Waals surface area contributed by atoms with E-state index in [4.69, 9.17) is 11.6 Å². The molecule has 1 saturated heterocycles. The Morgan fingerprint density at radius 1 is 1.08 bits per heavy atom. The van der Waals surface area contributed by atoms with Crippen LogP contribution in [0, 0.1) is 6.92 Å². The summed E-state index contributed by atoms with van der Waals surface area (Å²) in [5.74, 6) is 0.861. The van der Waals surface area contributed by atoms with Crippen molar-refractivity contribution in [1.29, 1.82) is 0 Å². The number of aliphatic hydroxyl groups is 1. The van der Waals surface area contributed by atoms with E-state index in [0.29, 0.717) is 33.8 Å². The van der Waals surface area contributed by atoms with Crippen LogP contribution in [0.4, 0.5) is 23.1 Å². The van der Waals surface area contributed by atoms with E-state index in [1.165, 1.54) is 49.9 Å². The van der Waals surface area contributed by atoms with Crippen LogP contribution in [0.25, 0.3) is 0 Å². The number of benzene rings is 2.